The van der Waals surface area contributed by atoms with Crippen LogP contribution in [-0.4, -0.2) is 0 Å². The topological polar surface area (TPSA) is 26.0 Å². The average Bonchev–Trinajstić information content (AvgIpc) is 2.14. The van der Waals surface area contributed by atoms with Crippen molar-refractivity contribution >= 4 is 0 Å². The van der Waals surface area contributed by atoms with Gasteiger partial charge in [0.1, 0.15) is 5.82 Å². The maximum Gasteiger partial charge on any atom is 0.419 e. The van der Waals surface area contributed by atoms with E-state index in [2.05, 4.69) is 0 Å². The molecule has 0 aliphatic carbocycles. The summed E-state index contributed by atoms with van der Waals surface area (Å²) < 4.78 is 50.0. The first-order valence-electron chi connectivity index (χ1n) is 4.85. The molecule has 0 saturated heterocycles. The molecule has 0 saturated carbocycles. The number of benzene rings is 1. The molecule has 1 aromatic rings. The predicted octanol–water partition coefficient (Wildman–Crippen LogP) is 3.50. The first kappa shape index (κ1) is 13.0. The second-order valence-electron chi connectivity index (χ2n) is 4.01. The van der Waals surface area contributed by atoms with Crippen molar-refractivity contribution in [1.29, 1.82) is 0 Å². The Kier molecular flexibility index (Phi) is 3.57. The Morgan fingerprint density at radius 2 is 1.75 bits per heavy atom. The average molecular weight is 235 g/mol. The molecule has 1 rings (SSSR count). The summed E-state index contributed by atoms with van der Waals surface area (Å²) in [5.74, 6) is -1.24. The zero-order valence-corrected chi connectivity index (χ0v) is 8.98. The van der Waals surface area contributed by atoms with E-state index in [1.165, 1.54) is 6.07 Å². The van der Waals surface area contributed by atoms with Crippen molar-refractivity contribution in [3.63, 3.8) is 0 Å². The van der Waals surface area contributed by atoms with Crippen LogP contribution >= 0.6 is 0 Å². The zero-order valence-electron chi connectivity index (χ0n) is 8.98. The highest BCUT2D eigenvalue weighted by molar-refractivity contribution is 5.28. The van der Waals surface area contributed by atoms with Crippen LogP contribution in [0.15, 0.2) is 18.2 Å². The molecule has 0 fully saturated rings. The molecule has 1 aromatic carbocycles. The van der Waals surface area contributed by atoms with E-state index >= 15 is 0 Å². The molecule has 0 heterocycles. The fourth-order valence-corrected chi connectivity index (χ4v) is 1.35. The van der Waals surface area contributed by atoms with Gasteiger partial charge >= 0.3 is 6.18 Å². The smallest absolute Gasteiger partial charge is 0.324 e. The summed E-state index contributed by atoms with van der Waals surface area (Å²) in [5.41, 5.74) is 4.84. The van der Waals surface area contributed by atoms with Crippen molar-refractivity contribution in [2.45, 2.75) is 26.1 Å². The van der Waals surface area contributed by atoms with E-state index < -0.39 is 23.6 Å². The van der Waals surface area contributed by atoms with Crippen LogP contribution in [0.5, 0.6) is 0 Å². The summed E-state index contributed by atoms with van der Waals surface area (Å²) in [6.45, 7) is 3.64. The maximum atomic E-state index is 13.2. The van der Waals surface area contributed by atoms with Gasteiger partial charge in [0.15, 0.2) is 0 Å². The highest BCUT2D eigenvalue weighted by Gasteiger charge is 2.34. The number of rotatable bonds is 2. The van der Waals surface area contributed by atoms with Crippen LogP contribution in [0.25, 0.3) is 0 Å². The van der Waals surface area contributed by atoms with Gasteiger partial charge in [0, 0.05) is 6.04 Å². The van der Waals surface area contributed by atoms with Crippen molar-refractivity contribution < 1.29 is 17.6 Å². The predicted molar refractivity (Wildman–Crippen MR) is 53.2 cm³/mol. The number of halogens is 4. The quantitative estimate of drug-likeness (QED) is 0.780. The summed E-state index contributed by atoms with van der Waals surface area (Å²) in [6.07, 6.45) is -4.66. The molecule has 0 spiro atoms. The van der Waals surface area contributed by atoms with E-state index in [-0.39, 0.29) is 5.92 Å². The van der Waals surface area contributed by atoms with Crippen molar-refractivity contribution in [3.05, 3.63) is 35.1 Å². The molecule has 2 N–H and O–H groups in total. The number of hydrogen-bond donors (Lipinski definition) is 1. The van der Waals surface area contributed by atoms with Gasteiger partial charge in [0.05, 0.1) is 5.56 Å². The van der Waals surface area contributed by atoms with Gasteiger partial charge in [-0.3, -0.25) is 0 Å². The van der Waals surface area contributed by atoms with Gasteiger partial charge in [-0.1, -0.05) is 19.9 Å². The number of nitrogens with two attached hydrogens (primary N) is 1. The molecule has 0 aromatic heterocycles. The highest BCUT2D eigenvalue weighted by atomic mass is 19.4. The van der Waals surface area contributed by atoms with E-state index in [0.717, 1.165) is 12.1 Å². The molecule has 0 amide bonds. The lowest BCUT2D eigenvalue weighted by Crippen LogP contribution is -2.18. The van der Waals surface area contributed by atoms with E-state index in [4.69, 9.17) is 5.73 Å². The van der Waals surface area contributed by atoms with Crippen molar-refractivity contribution in [2.24, 2.45) is 11.7 Å². The Morgan fingerprint density at radius 1 is 1.19 bits per heavy atom. The molecule has 0 aliphatic heterocycles. The first-order chi connectivity index (χ1) is 7.23. The van der Waals surface area contributed by atoms with Crippen LogP contribution in [0.2, 0.25) is 0 Å². The van der Waals surface area contributed by atoms with Crippen LogP contribution in [0.1, 0.15) is 31.0 Å². The number of hydrogen-bond acceptors (Lipinski definition) is 1. The molecule has 0 bridgehead atoms. The third-order valence-corrected chi connectivity index (χ3v) is 2.40. The lowest BCUT2D eigenvalue weighted by Gasteiger charge is -2.17. The molecular weight excluding hydrogens is 222 g/mol. The van der Waals surface area contributed by atoms with Crippen molar-refractivity contribution in [1.82, 2.24) is 0 Å². The Bertz CT molecular complexity index is 371. The van der Waals surface area contributed by atoms with E-state index in [1.807, 2.05) is 13.8 Å². The molecule has 0 aliphatic rings. The fourth-order valence-electron chi connectivity index (χ4n) is 1.35. The monoisotopic (exact) mass is 235 g/mol. The molecule has 0 unspecified atom stereocenters. The summed E-state index contributed by atoms with van der Waals surface area (Å²) >= 11 is 0. The van der Waals surface area contributed by atoms with E-state index in [1.54, 1.807) is 0 Å². The van der Waals surface area contributed by atoms with Gasteiger partial charge in [-0.15, -0.1) is 0 Å². The van der Waals surface area contributed by atoms with E-state index in [9.17, 15) is 17.6 Å². The SMILES string of the molecule is CC(C)[C@@H](N)c1ccc(C(F)(F)F)c(F)c1. The molecule has 16 heavy (non-hydrogen) atoms. The lowest BCUT2D eigenvalue weighted by molar-refractivity contribution is -0.140. The summed E-state index contributed by atoms with van der Waals surface area (Å²) in [4.78, 5) is 0. The Morgan fingerprint density at radius 3 is 2.12 bits per heavy atom. The van der Waals surface area contributed by atoms with Crippen LogP contribution in [-0.2, 0) is 6.18 Å². The lowest BCUT2D eigenvalue weighted by atomic mass is 9.96. The Hall–Kier alpha value is -1.10. The van der Waals surface area contributed by atoms with Crippen molar-refractivity contribution in [3.8, 4) is 0 Å². The van der Waals surface area contributed by atoms with Gasteiger partial charge in [0.2, 0.25) is 0 Å². The van der Waals surface area contributed by atoms with E-state index in [0.29, 0.717) is 5.56 Å². The van der Waals surface area contributed by atoms with Gasteiger partial charge in [-0.2, -0.15) is 13.2 Å². The Balaban J connectivity index is 3.09. The van der Waals surface area contributed by atoms with Gasteiger partial charge in [-0.05, 0) is 23.6 Å². The second-order valence-corrected chi connectivity index (χ2v) is 4.01. The third-order valence-electron chi connectivity index (χ3n) is 2.40. The van der Waals surface area contributed by atoms with Crippen LogP contribution in [0.3, 0.4) is 0 Å². The van der Waals surface area contributed by atoms with Crippen LogP contribution < -0.4 is 5.73 Å². The third kappa shape index (κ3) is 2.72. The minimum Gasteiger partial charge on any atom is -0.324 e. The molecule has 90 valence electrons. The van der Waals surface area contributed by atoms with Gasteiger partial charge in [0.25, 0.3) is 0 Å². The standard InChI is InChI=1S/C11H13F4N/c1-6(2)10(16)7-3-4-8(9(12)5-7)11(13,14)15/h3-6,10H,16H2,1-2H3/t10-/m1/s1. The first-order valence-corrected chi connectivity index (χ1v) is 4.85. The zero-order chi connectivity index (χ0) is 12.5. The minimum absolute atomic E-state index is 0.0381. The highest BCUT2D eigenvalue weighted by Crippen LogP contribution is 2.32. The van der Waals surface area contributed by atoms with Crippen LogP contribution in [0, 0.1) is 11.7 Å². The summed E-state index contributed by atoms with van der Waals surface area (Å²) in [6, 6.07) is 2.34. The molecule has 1 nitrogen and oxygen atoms in total. The summed E-state index contributed by atoms with van der Waals surface area (Å²) in [7, 11) is 0. The molecular formula is C11H13F4N. The van der Waals surface area contributed by atoms with Crippen LogP contribution in [0.4, 0.5) is 17.6 Å². The second kappa shape index (κ2) is 4.41. The van der Waals surface area contributed by atoms with Gasteiger partial charge in [-0.25, -0.2) is 4.39 Å². The minimum atomic E-state index is -4.66. The maximum absolute atomic E-state index is 13.2. The van der Waals surface area contributed by atoms with Crippen molar-refractivity contribution in [2.75, 3.05) is 0 Å². The summed E-state index contributed by atoms with van der Waals surface area (Å²) in [5, 5.41) is 0. The normalized spacial score (nSPS) is 14.2. The molecule has 1 atom stereocenters. The van der Waals surface area contributed by atoms with Gasteiger partial charge < -0.3 is 5.73 Å². The Labute approximate surface area is 91.3 Å². The molecule has 5 heteroatoms. The molecule has 0 radical (unpaired) electrons. The number of alkyl halides is 3. The fraction of sp³-hybridized carbons (Fsp3) is 0.455. The largest absolute Gasteiger partial charge is 0.419 e.